The second kappa shape index (κ2) is 8.36. The van der Waals surface area contributed by atoms with Crippen LogP contribution in [0, 0.1) is 0 Å². The molecule has 24 heavy (non-hydrogen) atoms. The molecule has 0 aliphatic rings. The fourth-order valence-electron chi connectivity index (χ4n) is 1.93. The van der Waals surface area contributed by atoms with Gasteiger partial charge in [0.15, 0.2) is 6.61 Å². The minimum absolute atomic E-state index is 0.0226. The van der Waals surface area contributed by atoms with Gasteiger partial charge in [0.25, 0.3) is 5.91 Å². The lowest BCUT2D eigenvalue weighted by Crippen LogP contribution is -2.27. The van der Waals surface area contributed by atoms with Crippen molar-refractivity contribution in [1.82, 2.24) is 4.90 Å². The molecule has 0 spiro atoms. The van der Waals surface area contributed by atoms with Crippen molar-refractivity contribution in [1.29, 1.82) is 0 Å². The van der Waals surface area contributed by atoms with E-state index in [0.717, 1.165) is 5.56 Å². The third-order valence-electron chi connectivity index (χ3n) is 3.31. The van der Waals surface area contributed by atoms with Crippen LogP contribution >= 0.6 is 11.6 Å². The maximum atomic E-state index is 12.1. The maximum Gasteiger partial charge on any atom is 0.259 e. The van der Waals surface area contributed by atoms with Crippen LogP contribution in [0.15, 0.2) is 48.5 Å². The molecule has 0 saturated heterocycles. The number of hydrogen-bond acceptors (Lipinski definition) is 3. The Morgan fingerprint density at radius 3 is 2.38 bits per heavy atom. The van der Waals surface area contributed by atoms with Gasteiger partial charge in [0.2, 0.25) is 5.91 Å². The van der Waals surface area contributed by atoms with Crippen molar-refractivity contribution in [2.24, 2.45) is 0 Å². The SMILES string of the molecule is CN(C)C(=O)COc1ccc(NC(=O)Cc2ccccc2Cl)cc1. The minimum Gasteiger partial charge on any atom is -0.484 e. The first-order valence-corrected chi connectivity index (χ1v) is 7.80. The van der Waals surface area contributed by atoms with E-state index in [4.69, 9.17) is 16.3 Å². The number of hydrogen-bond donors (Lipinski definition) is 1. The summed E-state index contributed by atoms with van der Waals surface area (Å²) in [7, 11) is 3.34. The van der Waals surface area contributed by atoms with Crippen LogP contribution in [-0.2, 0) is 16.0 Å². The third-order valence-corrected chi connectivity index (χ3v) is 3.68. The lowest BCUT2D eigenvalue weighted by atomic mass is 10.1. The number of halogens is 1. The molecule has 2 aromatic rings. The molecule has 0 atom stereocenters. The Labute approximate surface area is 146 Å². The van der Waals surface area contributed by atoms with Gasteiger partial charge in [0.1, 0.15) is 5.75 Å². The topological polar surface area (TPSA) is 58.6 Å². The van der Waals surface area contributed by atoms with Crippen LogP contribution in [0.4, 0.5) is 5.69 Å². The van der Waals surface area contributed by atoms with E-state index in [-0.39, 0.29) is 24.8 Å². The number of likely N-dealkylation sites (N-methyl/N-ethyl adjacent to an activating group) is 1. The van der Waals surface area contributed by atoms with Gasteiger partial charge in [0, 0.05) is 24.8 Å². The Hall–Kier alpha value is -2.53. The predicted octanol–water partition coefficient (Wildman–Crippen LogP) is 2.99. The summed E-state index contributed by atoms with van der Waals surface area (Å²) in [6.45, 7) is -0.0226. The second-order valence-corrected chi connectivity index (χ2v) is 5.82. The Morgan fingerprint density at radius 1 is 1.08 bits per heavy atom. The molecule has 5 nitrogen and oxygen atoms in total. The zero-order chi connectivity index (χ0) is 17.5. The number of nitrogens with one attached hydrogen (secondary N) is 1. The zero-order valence-electron chi connectivity index (χ0n) is 13.6. The van der Waals surface area contributed by atoms with E-state index < -0.39 is 0 Å². The summed E-state index contributed by atoms with van der Waals surface area (Å²) in [5, 5.41) is 3.37. The van der Waals surface area contributed by atoms with Crippen molar-refractivity contribution < 1.29 is 14.3 Å². The highest BCUT2D eigenvalue weighted by Crippen LogP contribution is 2.18. The second-order valence-electron chi connectivity index (χ2n) is 5.42. The number of nitrogens with zero attached hydrogens (tertiary/aromatic N) is 1. The monoisotopic (exact) mass is 346 g/mol. The van der Waals surface area contributed by atoms with Crippen LogP contribution in [0.25, 0.3) is 0 Å². The summed E-state index contributed by atoms with van der Waals surface area (Å²) < 4.78 is 5.38. The van der Waals surface area contributed by atoms with E-state index in [0.29, 0.717) is 16.5 Å². The highest BCUT2D eigenvalue weighted by Gasteiger charge is 2.08. The van der Waals surface area contributed by atoms with Gasteiger partial charge in [-0.25, -0.2) is 0 Å². The van der Waals surface area contributed by atoms with Crippen molar-refractivity contribution in [2.75, 3.05) is 26.0 Å². The lowest BCUT2D eigenvalue weighted by Gasteiger charge is -2.12. The number of benzene rings is 2. The summed E-state index contributed by atoms with van der Waals surface area (Å²) >= 11 is 6.05. The normalized spacial score (nSPS) is 10.1. The molecule has 0 aliphatic carbocycles. The van der Waals surface area contributed by atoms with Gasteiger partial charge in [-0.1, -0.05) is 29.8 Å². The molecule has 0 bridgehead atoms. The average molecular weight is 347 g/mol. The van der Waals surface area contributed by atoms with E-state index in [1.54, 1.807) is 44.4 Å². The summed E-state index contributed by atoms with van der Waals surface area (Å²) in [5.41, 5.74) is 1.43. The third kappa shape index (κ3) is 5.28. The standard InChI is InChI=1S/C18H19ClN2O3/c1-21(2)18(23)12-24-15-9-7-14(8-10-15)20-17(22)11-13-5-3-4-6-16(13)19/h3-10H,11-12H2,1-2H3,(H,20,22). The van der Waals surface area contributed by atoms with E-state index in [9.17, 15) is 9.59 Å². The summed E-state index contributed by atoms with van der Waals surface area (Å²) in [6.07, 6.45) is 0.204. The Balaban J connectivity index is 1.88. The number of rotatable bonds is 6. The van der Waals surface area contributed by atoms with Crippen molar-refractivity contribution in [3.05, 3.63) is 59.1 Å². The molecule has 0 saturated carbocycles. The minimum atomic E-state index is -0.153. The number of amides is 2. The van der Waals surface area contributed by atoms with Gasteiger partial charge < -0.3 is 15.0 Å². The largest absolute Gasteiger partial charge is 0.484 e. The Morgan fingerprint density at radius 2 is 1.75 bits per heavy atom. The molecule has 126 valence electrons. The Bertz CT molecular complexity index is 714. The molecule has 0 aliphatic heterocycles. The van der Waals surface area contributed by atoms with Crippen LogP contribution in [0.3, 0.4) is 0 Å². The van der Waals surface area contributed by atoms with Crippen molar-refractivity contribution in [3.63, 3.8) is 0 Å². The van der Waals surface area contributed by atoms with Crippen LogP contribution in [-0.4, -0.2) is 37.4 Å². The zero-order valence-corrected chi connectivity index (χ0v) is 14.3. The molecule has 2 aromatic carbocycles. The van der Waals surface area contributed by atoms with Gasteiger partial charge in [0.05, 0.1) is 6.42 Å². The van der Waals surface area contributed by atoms with E-state index in [1.807, 2.05) is 18.2 Å². The predicted molar refractivity (Wildman–Crippen MR) is 94.4 cm³/mol. The number of carbonyl (C=O) groups excluding carboxylic acids is 2. The van der Waals surface area contributed by atoms with Crippen LogP contribution < -0.4 is 10.1 Å². The smallest absolute Gasteiger partial charge is 0.259 e. The first kappa shape index (κ1) is 17.8. The molecule has 6 heteroatoms. The quantitative estimate of drug-likeness (QED) is 0.874. The molecule has 1 N–H and O–H groups in total. The van der Waals surface area contributed by atoms with Crippen molar-refractivity contribution in [2.45, 2.75) is 6.42 Å². The molecule has 2 amide bonds. The molecule has 0 fully saturated rings. The van der Waals surface area contributed by atoms with Gasteiger partial charge in [-0.2, -0.15) is 0 Å². The number of ether oxygens (including phenoxy) is 1. The van der Waals surface area contributed by atoms with E-state index in [2.05, 4.69) is 5.32 Å². The van der Waals surface area contributed by atoms with E-state index >= 15 is 0 Å². The first-order chi connectivity index (χ1) is 11.5. The van der Waals surface area contributed by atoms with E-state index in [1.165, 1.54) is 4.90 Å². The summed E-state index contributed by atoms with van der Waals surface area (Å²) in [6, 6.07) is 14.1. The van der Waals surface area contributed by atoms with Crippen LogP contribution in [0.1, 0.15) is 5.56 Å². The van der Waals surface area contributed by atoms with Gasteiger partial charge >= 0.3 is 0 Å². The number of anilines is 1. The van der Waals surface area contributed by atoms with Gasteiger partial charge in [-0.05, 0) is 35.9 Å². The Kier molecular flexibility index (Phi) is 6.21. The average Bonchev–Trinajstić information content (AvgIpc) is 2.56. The van der Waals surface area contributed by atoms with Gasteiger partial charge in [-0.3, -0.25) is 9.59 Å². The number of carbonyl (C=O) groups is 2. The maximum absolute atomic E-state index is 12.1. The summed E-state index contributed by atoms with van der Waals surface area (Å²) in [4.78, 5) is 25.0. The van der Waals surface area contributed by atoms with Crippen LogP contribution in [0.5, 0.6) is 5.75 Å². The molecule has 0 radical (unpaired) electrons. The molecule has 0 heterocycles. The molecular formula is C18H19ClN2O3. The van der Waals surface area contributed by atoms with Gasteiger partial charge in [-0.15, -0.1) is 0 Å². The highest BCUT2D eigenvalue weighted by molar-refractivity contribution is 6.31. The first-order valence-electron chi connectivity index (χ1n) is 7.42. The fraction of sp³-hybridized carbons (Fsp3) is 0.222. The summed E-state index contributed by atoms with van der Waals surface area (Å²) in [5.74, 6) is 0.293. The fourth-order valence-corrected chi connectivity index (χ4v) is 2.13. The van der Waals surface area contributed by atoms with Crippen molar-refractivity contribution in [3.8, 4) is 5.75 Å². The highest BCUT2D eigenvalue weighted by atomic mass is 35.5. The molecule has 0 aromatic heterocycles. The molecule has 2 rings (SSSR count). The molecular weight excluding hydrogens is 328 g/mol. The van der Waals surface area contributed by atoms with Crippen LogP contribution in [0.2, 0.25) is 5.02 Å². The molecule has 0 unspecified atom stereocenters. The lowest BCUT2D eigenvalue weighted by molar-refractivity contribution is -0.130. The van der Waals surface area contributed by atoms with Crippen molar-refractivity contribution >= 4 is 29.1 Å².